The third-order valence-corrected chi connectivity index (χ3v) is 5.19. The highest BCUT2D eigenvalue weighted by Crippen LogP contribution is 2.31. The molecule has 0 aliphatic rings. The summed E-state index contributed by atoms with van der Waals surface area (Å²) in [7, 11) is -2.75. The molecule has 0 saturated heterocycles. The van der Waals surface area contributed by atoms with Crippen LogP contribution in [0.1, 0.15) is 22.8 Å². The highest BCUT2D eigenvalue weighted by molar-refractivity contribution is 7.89. The van der Waals surface area contributed by atoms with Gasteiger partial charge < -0.3 is 19.4 Å². The van der Waals surface area contributed by atoms with Gasteiger partial charge >= 0.3 is 0 Å². The Balaban J connectivity index is 2.18. The number of methoxy groups -OCH3 is 1. The van der Waals surface area contributed by atoms with Crippen LogP contribution in [0.3, 0.4) is 0 Å². The maximum absolute atomic E-state index is 13.9. The smallest absolute Gasteiger partial charge is 0.243 e. The average Bonchev–Trinajstić information content (AvgIpc) is 2.63. The zero-order chi connectivity index (χ0) is 20.0. The molecule has 2 aromatic carbocycles. The van der Waals surface area contributed by atoms with E-state index >= 15 is 0 Å². The number of carbonyl (C=O) groups excluding carboxylic acids is 1. The van der Waals surface area contributed by atoms with Gasteiger partial charge in [-0.05, 0) is 42.7 Å². The van der Waals surface area contributed by atoms with Crippen molar-refractivity contribution in [3.63, 3.8) is 0 Å². The molecule has 0 amide bonds. The van der Waals surface area contributed by atoms with E-state index in [4.69, 9.17) is 9.47 Å². The van der Waals surface area contributed by atoms with E-state index in [0.29, 0.717) is 23.7 Å². The number of carboxylic acids is 1. The van der Waals surface area contributed by atoms with Crippen LogP contribution >= 0.6 is 0 Å². The van der Waals surface area contributed by atoms with Crippen molar-refractivity contribution in [1.82, 2.24) is 4.72 Å². The Kier molecular flexibility index (Phi) is 6.75. The number of benzene rings is 2. The van der Waals surface area contributed by atoms with E-state index in [1.54, 1.807) is 18.2 Å². The summed E-state index contributed by atoms with van der Waals surface area (Å²) in [6, 6.07) is 7.67. The molecule has 2 rings (SSSR count). The van der Waals surface area contributed by atoms with Crippen LogP contribution in [0.15, 0.2) is 41.3 Å². The summed E-state index contributed by atoms with van der Waals surface area (Å²) in [5.41, 5.74) is 0.283. The number of sulfonamides is 1. The van der Waals surface area contributed by atoms with Crippen molar-refractivity contribution in [3.05, 3.63) is 53.3 Å². The van der Waals surface area contributed by atoms with Crippen LogP contribution in [-0.4, -0.2) is 34.6 Å². The first-order valence-corrected chi connectivity index (χ1v) is 9.57. The van der Waals surface area contributed by atoms with Crippen molar-refractivity contribution in [2.75, 3.05) is 20.3 Å². The van der Waals surface area contributed by atoms with E-state index in [9.17, 15) is 22.7 Å². The number of hydrogen-bond donors (Lipinski definition) is 1. The first kappa shape index (κ1) is 20.7. The van der Waals surface area contributed by atoms with Gasteiger partial charge in [0, 0.05) is 6.54 Å². The minimum Gasteiger partial charge on any atom is -0.545 e. The zero-order valence-corrected chi connectivity index (χ0v) is 15.6. The molecule has 0 saturated carbocycles. The van der Waals surface area contributed by atoms with Gasteiger partial charge in [-0.15, -0.1) is 0 Å². The number of hydrogen-bond acceptors (Lipinski definition) is 6. The number of aromatic carboxylic acids is 1. The maximum Gasteiger partial charge on any atom is 0.243 e. The predicted octanol–water partition coefficient (Wildman–Crippen LogP) is 1.12. The summed E-state index contributed by atoms with van der Waals surface area (Å²) in [4.78, 5) is 10.1. The lowest BCUT2D eigenvalue weighted by Crippen LogP contribution is -2.28. The third-order valence-electron chi connectivity index (χ3n) is 3.71. The third kappa shape index (κ3) is 4.95. The van der Waals surface area contributed by atoms with Crippen molar-refractivity contribution >= 4 is 16.0 Å². The number of ether oxygens (including phenoxy) is 2. The highest BCUT2D eigenvalue weighted by atomic mass is 32.2. The average molecular weight is 396 g/mol. The number of nitrogens with one attached hydrogen (secondary N) is 1. The lowest BCUT2D eigenvalue weighted by molar-refractivity contribution is -0.255. The molecule has 0 spiro atoms. The number of para-hydroxylation sites is 1. The molecule has 0 unspecified atom stereocenters. The van der Waals surface area contributed by atoms with Crippen molar-refractivity contribution in [2.45, 2.75) is 18.2 Å². The van der Waals surface area contributed by atoms with Crippen molar-refractivity contribution < 1.29 is 32.2 Å². The first-order chi connectivity index (χ1) is 12.8. The zero-order valence-electron chi connectivity index (χ0n) is 14.8. The van der Waals surface area contributed by atoms with Gasteiger partial charge in [-0.1, -0.05) is 18.2 Å². The number of rotatable bonds is 9. The van der Waals surface area contributed by atoms with Gasteiger partial charge in [-0.3, -0.25) is 0 Å². The largest absolute Gasteiger partial charge is 0.545 e. The van der Waals surface area contributed by atoms with E-state index in [1.807, 2.05) is 6.92 Å². The predicted molar refractivity (Wildman–Crippen MR) is 93.8 cm³/mol. The number of halogens is 1. The fraction of sp³-hybridized carbons (Fsp3) is 0.278. The normalized spacial score (nSPS) is 11.2. The molecule has 0 aliphatic carbocycles. The fourth-order valence-electron chi connectivity index (χ4n) is 2.46. The van der Waals surface area contributed by atoms with E-state index in [0.717, 1.165) is 18.2 Å². The van der Waals surface area contributed by atoms with E-state index in [-0.39, 0.29) is 13.0 Å². The molecule has 9 heteroatoms. The molecule has 0 bridgehead atoms. The lowest BCUT2D eigenvalue weighted by atomic mass is 10.1. The summed E-state index contributed by atoms with van der Waals surface area (Å²) in [6.45, 7) is 2.16. The minimum atomic E-state index is -4.25. The van der Waals surface area contributed by atoms with Crippen LogP contribution in [0, 0.1) is 5.82 Å². The van der Waals surface area contributed by atoms with Crippen LogP contribution in [-0.2, 0) is 16.4 Å². The summed E-state index contributed by atoms with van der Waals surface area (Å²) in [5, 5.41) is 10.9. The second-order valence-corrected chi connectivity index (χ2v) is 7.20. The van der Waals surface area contributed by atoms with Gasteiger partial charge in [0.2, 0.25) is 10.0 Å². The standard InChI is InChI=1S/C18H20FNO6S/c1-3-26-17-12(5-4-6-15(17)25-2)9-10-20-27(23,24)16-11-13(18(21)22)7-8-14(16)19/h4-8,11,20H,3,9-10H2,1-2H3,(H,21,22)/p-1. The molecule has 1 N–H and O–H groups in total. The summed E-state index contributed by atoms with van der Waals surface area (Å²) in [6.07, 6.45) is 0.257. The summed E-state index contributed by atoms with van der Waals surface area (Å²) < 4.78 is 51.6. The molecule has 146 valence electrons. The molecule has 0 fully saturated rings. The van der Waals surface area contributed by atoms with Gasteiger partial charge in [0.25, 0.3) is 0 Å². The molecule has 27 heavy (non-hydrogen) atoms. The molecule has 0 heterocycles. The van der Waals surface area contributed by atoms with Crippen LogP contribution in [0.25, 0.3) is 0 Å². The van der Waals surface area contributed by atoms with Gasteiger partial charge in [-0.25, -0.2) is 17.5 Å². The topological polar surface area (TPSA) is 105 Å². The van der Waals surface area contributed by atoms with Crippen molar-refractivity contribution in [1.29, 1.82) is 0 Å². The number of carboxylic acid groups (broad SMARTS) is 1. The van der Waals surface area contributed by atoms with Crippen molar-refractivity contribution in [3.8, 4) is 11.5 Å². The second kappa shape index (κ2) is 8.83. The Morgan fingerprint density at radius 2 is 2.00 bits per heavy atom. The van der Waals surface area contributed by atoms with Gasteiger partial charge in [0.05, 0.1) is 19.7 Å². The molecule has 0 atom stereocenters. The van der Waals surface area contributed by atoms with Crippen LogP contribution in [0.5, 0.6) is 11.5 Å². The quantitative estimate of drug-likeness (QED) is 0.681. The molecule has 2 aromatic rings. The summed E-state index contributed by atoms with van der Waals surface area (Å²) >= 11 is 0. The van der Waals surface area contributed by atoms with Crippen LogP contribution in [0.2, 0.25) is 0 Å². The van der Waals surface area contributed by atoms with E-state index in [2.05, 4.69) is 4.72 Å². The minimum absolute atomic E-state index is 0.0510. The Morgan fingerprint density at radius 3 is 2.63 bits per heavy atom. The Bertz CT molecular complexity index is 929. The second-order valence-electron chi connectivity index (χ2n) is 5.46. The molecule has 0 aliphatic heterocycles. The van der Waals surface area contributed by atoms with Crippen LogP contribution in [0.4, 0.5) is 4.39 Å². The lowest BCUT2D eigenvalue weighted by Gasteiger charge is -2.14. The van der Waals surface area contributed by atoms with Gasteiger partial charge in [-0.2, -0.15) is 0 Å². The van der Waals surface area contributed by atoms with Crippen LogP contribution < -0.4 is 19.3 Å². The van der Waals surface area contributed by atoms with Gasteiger partial charge in [0.15, 0.2) is 11.5 Å². The molecular weight excluding hydrogens is 377 g/mol. The monoisotopic (exact) mass is 396 g/mol. The Labute approximate surface area is 156 Å². The maximum atomic E-state index is 13.9. The van der Waals surface area contributed by atoms with E-state index in [1.165, 1.54) is 7.11 Å². The van der Waals surface area contributed by atoms with Gasteiger partial charge in [0.1, 0.15) is 10.7 Å². The van der Waals surface area contributed by atoms with Crippen molar-refractivity contribution in [2.24, 2.45) is 0 Å². The van der Waals surface area contributed by atoms with E-state index < -0.39 is 32.3 Å². The number of carbonyl (C=O) groups is 1. The molecular formula is C18H19FNO6S-. The molecule has 7 nitrogen and oxygen atoms in total. The first-order valence-electron chi connectivity index (χ1n) is 8.09. The fourth-order valence-corrected chi connectivity index (χ4v) is 3.59. The SMILES string of the molecule is CCOc1c(CCNS(=O)(=O)c2cc(C(=O)[O-])ccc2F)cccc1OC. The molecule has 0 radical (unpaired) electrons. The Morgan fingerprint density at radius 1 is 1.26 bits per heavy atom. The summed E-state index contributed by atoms with van der Waals surface area (Å²) in [5.74, 6) is -1.62. The molecule has 0 aromatic heterocycles. The highest BCUT2D eigenvalue weighted by Gasteiger charge is 2.20. The Hall–Kier alpha value is -2.65.